The highest BCUT2D eigenvalue weighted by Gasteiger charge is 2.36. The number of hydrogen-bond donors (Lipinski definition) is 1. The van der Waals surface area contributed by atoms with E-state index in [-0.39, 0.29) is 23.8 Å². The Morgan fingerprint density at radius 2 is 2.07 bits per heavy atom. The highest BCUT2D eigenvalue weighted by Crippen LogP contribution is 2.32. The van der Waals surface area contributed by atoms with Crippen LogP contribution in [-0.4, -0.2) is 61.4 Å². The minimum atomic E-state index is -0.102. The van der Waals surface area contributed by atoms with Crippen LogP contribution >= 0.6 is 0 Å². The number of para-hydroxylation sites is 1. The summed E-state index contributed by atoms with van der Waals surface area (Å²) in [7, 11) is 1.67. The number of rotatable bonds is 5. The molecule has 1 aromatic rings. The van der Waals surface area contributed by atoms with Crippen LogP contribution in [0.15, 0.2) is 24.3 Å². The first-order valence-electron chi connectivity index (χ1n) is 10.1. The van der Waals surface area contributed by atoms with Crippen LogP contribution in [0, 0.1) is 5.92 Å². The largest absolute Gasteiger partial charge is 0.496 e. The summed E-state index contributed by atoms with van der Waals surface area (Å²) in [4.78, 5) is 29.5. The zero-order valence-electron chi connectivity index (χ0n) is 16.4. The molecule has 2 aliphatic rings. The van der Waals surface area contributed by atoms with Crippen LogP contribution in [0.3, 0.4) is 0 Å². The predicted octanol–water partition coefficient (Wildman–Crippen LogP) is 2.21. The van der Waals surface area contributed by atoms with Gasteiger partial charge in [-0.05, 0) is 25.3 Å². The standard InChI is InChI=1S/C21H31N3O3/c1-3-7-20(25)23-12-6-8-16(15-23)21(26)24-13-11-22-14-18(24)17-9-4-5-10-19(17)27-2/h4-5,9-10,16,18,22H,3,6-8,11-15H2,1-2H3. The van der Waals surface area contributed by atoms with E-state index in [1.165, 1.54) is 0 Å². The summed E-state index contributed by atoms with van der Waals surface area (Å²) >= 11 is 0. The van der Waals surface area contributed by atoms with E-state index in [0.29, 0.717) is 19.5 Å². The molecular formula is C21H31N3O3. The van der Waals surface area contributed by atoms with E-state index in [1.54, 1.807) is 7.11 Å². The van der Waals surface area contributed by atoms with E-state index in [4.69, 9.17) is 4.74 Å². The van der Waals surface area contributed by atoms with Crippen LogP contribution < -0.4 is 10.1 Å². The lowest BCUT2D eigenvalue weighted by molar-refractivity contribution is -0.143. The fraction of sp³-hybridized carbons (Fsp3) is 0.619. The van der Waals surface area contributed by atoms with Gasteiger partial charge in [-0.25, -0.2) is 0 Å². The normalized spacial score (nSPS) is 23.2. The molecule has 6 heteroatoms. The van der Waals surface area contributed by atoms with Crippen LogP contribution in [0.4, 0.5) is 0 Å². The number of nitrogens with zero attached hydrogens (tertiary/aromatic N) is 2. The Bertz CT molecular complexity index is 664. The second kappa shape index (κ2) is 9.22. The molecule has 2 atom stereocenters. The van der Waals surface area contributed by atoms with E-state index in [9.17, 15) is 9.59 Å². The summed E-state index contributed by atoms with van der Waals surface area (Å²) in [5.41, 5.74) is 1.04. The van der Waals surface area contributed by atoms with Crippen molar-refractivity contribution in [3.63, 3.8) is 0 Å². The number of piperazine rings is 1. The van der Waals surface area contributed by atoms with Crippen molar-refractivity contribution in [2.45, 2.75) is 38.6 Å². The Labute approximate surface area is 161 Å². The van der Waals surface area contributed by atoms with Crippen LogP contribution in [0.5, 0.6) is 5.75 Å². The molecule has 2 amide bonds. The first-order chi connectivity index (χ1) is 13.2. The predicted molar refractivity (Wildman–Crippen MR) is 105 cm³/mol. The summed E-state index contributed by atoms with van der Waals surface area (Å²) in [5, 5.41) is 3.40. The van der Waals surface area contributed by atoms with E-state index >= 15 is 0 Å². The number of nitrogens with one attached hydrogen (secondary N) is 1. The molecule has 0 radical (unpaired) electrons. The number of amides is 2. The molecule has 148 valence electrons. The van der Waals surface area contributed by atoms with Crippen molar-refractivity contribution in [2.24, 2.45) is 5.92 Å². The van der Waals surface area contributed by atoms with Crippen molar-refractivity contribution in [1.29, 1.82) is 0 Å². The summed E-state index contributed by atoms with van der Waals surface area (Å²) in [6.07, 6.45) is 3.18. The van der Waals surface area contributed by atoms with Crippen molar-refractivity contribution in [3.8, 4) is 5.75 Å². The van der Waals surface area contributed by atoms with Gasteiger partial charge in [-0.3, -0.25) is 9.59 Å². The molecule has 2 aliphatic heterocycles. The van der Waals surface area contributed by atoms with Crippen molar-refractivity contribution >= 4 is 11.8 Å². The molecular weight excluding hydrogens is 342 g/mol. The molecule has 0 spiro atoms. The number of carbonyl (C=O) groups excluding carboxylic acids is 2. The van der Waals surface area contributed by atoms with E-state index < -0.39 is 0 Å². The van der Waals surface area contributed by atoms with Gasteiger partial charge in [-0.1, -0.05) is 25.1 Å². The van der Waals surface area contributed by atoms with E-state index in [2.05, 4.69) is 5.32 Å². The van der Waals surface area contributed by atoms with Crippen molar-refractivity contribution in [3.05, 3.63) is 29.8 Å². The zero-order valence-corrected chi connectivity index (χ0v) is 16.4. The Kier molecular flexibility index (Phi) is 6.72. The Morgan fingerprint density at radius 1 is 1.26 bits per heavy atom. The molecule has 27 heavy (non-hydrogen) atoms. The minimum Gasteiger partial charge on any atom is -0.496 e. The fourth-order valence-corrected chi connectivity index (χ4v) is 4.20. The maximum absolute atomic E-state index is 13.4. The van der Waals surface area contributed by atoms with Gasteiger partial charge in [0.1, 0.15) is 5.75 Å². The Hall–Kier alpha value is -2.08. The van der Waals surface area contributed by atoms with Crippen LogP contribution in [-0.2, 0) is 9.59 Å². The molecule has 1 N–H and O–H groups in total. The van der Waals surface area contributed by atoms with E-state index in [0.717, 1.165) is 50.2 Å². The fourth-order valence-electron chi connectivity index (χ4n) is 4.20. The summed E-state index contributed by atoms with van der Waals surface area (Å²) in [6, 6.07) is 7.88. The van der Waals surface area contributed by atoms with Gasteiger partial charge in [0.15, 0.2) is 0 Å². The van der Waals surface area contributed by atoms with Gasteiger partial charge in [0.2, 0.25) is 11.8 Å². The van der Waals surface area contributed by atoms with Crippen molar-refractivity contribution in [2.75, 3.05) is 39.8 Å². The average molecular weight is 373 g/mol. The van der Waals surface area contributed by atoms with Gasteiger partial charge in [-0.2, -0.15) is 0 Å². The van der Waals surface area contributed by atoms with Gasteiger partial charge < -0.3 is 19.9 Å². The third-order valence-electron chi connectivity index (χ3n) is 5.61. The van der Waals surface area contributed by atoms with Crippen molar-refractivity contribution in [1.82, 2.24) is 15.1 Å². The van der Waals surface area contributed by atoms with Crippen LogP contribution in [0.2, 0.25) is 0 Å². The smallest absolute Gasteiger partial charge is 0.228 e. The number of benzene rings is 1. The SMILES string of the molecule is CCCC(=O)N1CCCC(C(=O)N2CCNCC2c2ccccc2OC)C1. The van der Waals surface area contributed by atoms with Gasteiger partial charge >= 0.3 is 0 Å². The Balaban J connectivity index is 1.76. The summed E-state index contributed by atoms with van der Waals surface area (Å²) < 4.78 is 5.53. The summed E-state index contributed by atoms with van der Waals surface area (Å²) in [5.74, 6) is 1.06. The molecule has 3 rings (SSSR count). The number of carbonyl (C=O) groups is 2. The molecule has 2 unspecified atom stereocenters. The van der Waals surface area contributed by atoms with Crippen LogP contribution in [0.1, 0.15) is 44.2 Å². The van der Waals surface area contributed by atoms with Gasteiger partial charge in [0.05, 0.1) is 19.1 Å². The number of likely N-dealkylation sites (tertiary alicyclic amines) is 1. The zero-order chi connectivity index (χ0) is 19.2. The van der Waals surface area contributed by atoms with Gasteiger partial charge in [0.25, 0.3) is 0 Å². The number of methoxy groups -OCH3 is 1. The summed E-state index contributed by atoms with van der Waals surface area (Å²) in [6.45, 7) is 5.55. The topological polar surface area (TPSA) is 61.9 Å². The molecule has 1 aromatic carbocycles. The maximum Gasteiger partial charge on any atom is 0.228 e. The highest BCUT2D eigenvalue weighted by molar-refractivity contribution is 5.82. The molecule has 0 aromatic heterocycles. The quantitative estimate of drug-likeness (QED) is 0.860. The molecule has 2 heterocycles. The first-order valence-corrected chi connectivity index (χ1v) is 10.1. The van der Waals surface area contributed by atoms with Gasteiger partial charge in [0, 0.05) is 44.7 Å². The molecule has 0 saturated carbocycles. The molecule has 0 bridgehead atoms. The number of ether oxygens (including phenoxy) is 1. The molecule has 2 saturated heterocycles. The molecule has 0 aliphatic carbocycles. The Morgan fingerprint density at radius 3 is 2.85 bits per heavy atom. The monoisotopic (exact) mass is 373 g/mol. The minimum absolute atomic E-state index is 0.0379. The van der Waals surface area contributed by atoms with Crippen LogP contribution in [0.25, 0.3) is 0 Å². The second-order valence-corrected chi connectivity index (χ2v) is 7.42. The number of hydrogen-bond acceptors (Lipinski definition) is 4. The highest BCUT2D eigenvalue weighted by atomic mass is 16.5. The number of piperidine rings is 1. The maximum atomic E-state index is 13.4. The van der Waals surface area contributed by atoms with E-state index in [1.807, 2.05) is 41.0 Å². The first kappa shape index (κ1) is 19.7. The van der Waals surface area contributed by atoms with Gasteiger partial charge in [-0.15, -0.1) is 0 Å². The second-order valence-electron chi connectivity index (χ2n) is 7.42. The molecule has 2 fully saturated rings. The lowest BCUT2D eigenvalue weighted by atomic mass is 9.93. The lowest BCUT2D eigenvalue weighted by Crippen LogP contribution is -2.53. The average Bonchev–Trinajstić information content (AvgIpc) is 2.73. The third kappa shape index (κ3) is 4.43. The lowest BCUT2D eigenvalue weighted by Gasteiger charge is -2.41. The molecule has 6 nitrogen and oxygen atoms in total. The van der Waals surface area contributed by atoms with Crippen molar-refractivity contribution < 1.29 is 14.3 Å². The third-order valence-corrected chi connectivity index (χ3v) is 5.61.